The summed E-state index contributed by atoms with van der Waals surface area (Å²) in [4.78, 5) is 29.5. The Hall–Kier alpha value is -4.91. The maximum Gasteiger partial charge on any atom is 0.276 e. The number of sulfone groups is 1. The molecule has 0 unspecified atom stereocenters. The molecule has 0 aliphatic rings. The number of halogens is 2. The van der Waals surface area contributed by atoms with Crippen LogP contribution in [0.2, 0.25) is 0 Å². The predicted molar refractivity (Wildman–Crippen MR) is 138 cm³/mol. The number of fused-ring (bicyclic) bond motifs is 1. The first-order chi connectivity index (χ1) is 18.5. The van der Waals surface area contributed by atoms with Gasteiger partial charge < -0.3 is 14.6 Å². The standard InChI is InChI=1S/C26H19F2N5O5S/c1-32-14-29-21-10-8-17(11-19(21)26(32)35)38-18-7-9-20(28)22(12-18)30-25(34)23-13-24(39(2,36)37)33(31-23)16-5-3-15(27)4-6-16/h3-14H,1-2H3,(H,30,34). The number of benzene rings is 3. The van der Waals surface area contributed by atoms with Gasteiger partial charge in [-0.1, -0.05) is 0 Å². The molecule has 198 valence electrons. The Morgan fingerprint density at radius 3 is 2.38 bits per heavy atom. The van der Waals surface area contributed by atoms with Crippen molar-refractivity contribution in [3.63, 3.8) is 0 Å². The minimum Gasteiger partial charge on any atom is -0.457 e. The first kappa shape index (κ1) is 25.7. The molecule has 0 saturated carbocycles. The highest BCUT2D eigenvalue weighted by atomic mass is 32.2. The van der Waals surface area contributed by atoms with Crippen LogP contribution in [0.4, 0.5) is 14.5 Å². The smallest absolute Gasteiger partial charge is 0.276 e. The number of hydrogen-bond acceptors (Lipinski definition) is 7. The van der Waals surface area contributed by atoms with E-state index in [1.165, 1.54) is 41.2 Å². The summed E-state index contributed by atoms with van der Waals surface area (Å²) in [5.74, 6) is -1.77. The number of nitrogens with one attached hydrogen (secondary N) is 1. The molecule has 3 aromatic carbocycles. The predicted octanol–water partition coefficient (Wildman–Crippen LogP) is 3.85. The molecule has 5 rings (SSSR count). The van der Waals surface area contributed by atoms with Crippen molar-refractivity contribution < 1.29 is 26.7 Å². The van der Waals surface area contributed by atoms with Gasteiger partial charge in [-0.3, -0.25) is 9.59 Å². The van der Waals surface area contributed by atoms with Gasteiger partial charge in [-0.05, 0) is 54.6 Å². The van der Waals surface area contributed by atoms with E-state index in [1.54, 1.807) is 19.2 Å². The van der Waals surface area contributed by atoms with E-state index in [4.69, 9.17) is 4.74 Å². The fourth-order valence-corrected chi connectivity index (χ4v) is 4.53. The van der Waals surface area contributed by atoms with Crippen LogP contribution in [0, 0.1) is 11.6 Å². The number of anilines is 1. The number of hydrogen-bond donors (Lipinski definition) is 1. The lowest BCUT2D eigenvalue weighted by Gasteiger charge is -2.10. The van der Waals surface area contributed by atoms with Gasteiger partial charge in [0.25, 0.3) is 11.5 Å². The number of carbonyl (C=O) groups excluding carboxylic acids is 1. The van der Waals surface area contributed by atoms with Gasteiger partial charge in [0.2, 0.25) is 0 Å². The van der Waals surface area contributed by atoms with Crippen molar-refractivity contribution in [1.82, 2.24) is 19.3 Å². The van der Waals surface area contributed by atoms with E-state index in [2.05, 4.69) is 15.4 Å². The molecule has 10 nitrogen and oxygen atoms in total. The first-order valence-electron chi connectivity index (χ1n) is 11.3. The lowest BCUT2D eigenvalue weighted by molar-refractivity contribution is 0.102. The minimum atomic E-state index is -3.84. The zero-order valence-electron chi connectivity index (χ0n) is 20.4. The van der Waals surface area contributed by atoms with E-state index in [0.29, 0.717) is 10.9 Å². The van der Waals surface area contributed by atoms with Gasteiger partial charge in [0, 0.05) is 25.4 Å². The topological polar surface area (TPSA) is 125 Å². The normalized spacial score (nSPS) is 11.5. The summed E-state index contributed by atoms with van der Waals surface area (Å²) < 4.78 is 60.6. The van der Waals surface area contributed by atoms with E-state index < -0.39 is 27.4 Å². The van der Waals surface area contributed by atoms with Gasteiger partial charge in [0.05, 0.1) is 28.6 Å². The van der Waals surface area contributed by atoms with Crippen LogP contribution in [0.1, 0.15) is 10.5 Å². The second kappa shape index (κ2) is 9.76. The third-order valence-corrected chi connectivity index (χ3v) is 6.72. The Bertz CT molecular complexity index is 1920. The summed E-state index contributed by atoms with van der Waals surface area (Å²) >= 11 is 0. The number of aromatic nitrogens is 4. The monoisotopic (exact) mass is 551 g/mol. The van der Waals surface area contributed by atoms with E-state index in [9.17, 15) is 26.8 Å². The molecule has 0 atom stereocenters. The molecule has 2 heterocycles. The number of aryl methyl sites for hydroxylation is 1. The number of ether oxygens (including phenoxy) is 1. The first-order valence-corrected chi connectivity index (χ1v) is 13.2. The fourth-order valence-electron chi connectivity index (χ4n) is 3.75. The molecule has 0 aliphatic carbocycles. The molecule has 2 aromatic heterocycles. The SMILES string of the molecule is Cn1cnc2ccc(Oc3ccc(F)c(NC(=O)c4cc(S(C)(=O)=O)n(-c5ccc(F)cc5)n4)c3)cc2c1=O. The van der Waals surface area contributed by atoms with E-state index in [1.807, 2.05) is 0 Å². The third-order valence-electron chi connectivity index (χ3n) is 5.67. The van der Waals surface area contributed by atoms with Crippen molar-refractivity contribution >= 4 is 32.3 Å². The molecule has 13 heteroatoms. The van der Waals surface area contributed by atoms with Gasteiger partial charge in [-0.25, -0.2) is 26.9 Å². The molecule has 0 fully saturated rings. The summed E-state index contributed by atoms with van der Waals surface area (Å²) in [5.41, 5.74) is -0.161. The van der Waals surface area contributed by atoms with Crippen molar-refractivity contribution in [1.29, 1.82) is 0 Å². The lowest BCUT2D eigenvalue weighted by Crippen LogP contribution is -2.16. The van der Waals surface area contributed by atoms with Crippen LogP contribution in [0.5, 0.6) is 11.5 Å². The molecule has 1 amide bonds. The highest BCUT2D eigenvalue weighted by Gasteiger charge is 2.23. The zero-order valence-corrected chi connectivity index (χ0v) is 21.2. The molecule has 0 radical (unpaired) electrons. The van der Waals surface area contributed by atoms with Crippen LogP contribution >= 0.6 is 0 Å². The van der Waals surface area contributed by atoms with Crippen molar-refractivity contribution in [3.05, 3.63) is 101 Å². The summed E-state index contributed by atoms with van der Waals surface area (Å²) in [6.45, 7) is 0. The Balaban J connectivity index is 1.43. The number of nitrogens with zero attached hydrogens (tertiary/aromatic N) is 4. The lowest BCUT2D eigenvalue weighted by atomic mass is 10.2. The molecule has 0 saturated heterocycles. The van der Waals surface area contributed by atoms with Crippen molar-refractivity contribution in [2.45, 2.75) is 5.03 Å². The largest absolute Gasteiger partial charge is 0.457 e. The molecule has 39 heavy (non-hydrogen) atoms. The zero-order chi connectivity index (χ0) is 27.9. The summed E-state index contributed by atoms with van der Waals surface area (Å²) in [5, 5.41) is 6.43. The van der Waals surface area contributed by atoms with Crippen LogP contribution in [-0.2, 0) is 16.9 Å². The summed E-state index contributed by atoms with van der Waals surface area (Å²) in [6.07, 6.45) is 2.34. The van der Waals surface area contributed by atoms with Crippen LogP contribution < -0.4 is 15.6 Å². The highest BCUT2D eigenvalue weighted by molar-refractivity contribution is 7.90. The van der Waals surface area contributed by atoms with E-state index in [-0.39, 0.29) is 39.2 Å². The van der Waals surface area contributed by atoms with Crippen molar-refractivity contribution in [2.75, 3.05) is 11.6 Å². The average Bonchev–Trinajstić information content (AvgIpc) is 3.36. The second-order valence-electron chi connectivity index (χ2n) is 8.57. The van der Waals surface area contributed by atoms with Gasteiger partial charge in [0.1, 0.15) is 23.1 Å². The average molecular weight is 552 g/mol. The molecule has 5 aromatic rings. The van der Waals surface area contributed by atoms with Crippen LogP contribution in [0.3, 0.4) is 0 Å². The molecular formula is C26H19F2N5O5S. The van der Waals surface area contributed by atoms with Gasteiger partial charge >= 0.3 is 0 Å². The number of rotatable bonds is 6. The summed E-state index contributed by atoms with van der Waals surface area (Å²) in [6, 6.07) is 14.2. The molecule has 1 N–H and O–H groups in total. The Morgan fingerprint density at radius 2 is 1.67 bits per heavy atom. The van der Waals surface area contributed by atoms with E-state index >= 15 is 0 Å². The van der Waals surface area contributed by atoms with Crippen molar-refractivity contribution in [2.24, 2.45) is 7.05 Å². The van der Waals surface area contributed by atoms with Gasteiger partial charge in [-0.2, -0.15) is 5.10 Å². The van der Waals surface area contributed by atoms with Crippen LogP contribution in [0.15, 0.2) is 82.9 Å². The molecule has 0 bridgehead atoms. The third kappa shape index (κ3) is 5.25. The van der Waals surface area contributed by atoms with Gasteiger partial charge in [-0.15, -0.1) is 0 Å². The maximum atomic E-state index is 14.6. The number of amides is 1. The minimum absolute atomic E-state index is 0.153. The van der Waals surface area contributed by atoms with Crippen molar-refractivity contribution in [3.8, 4) is 17.2 Å². The fraction of sp³-hybridized carbons (Fsp3) is 0.0769. The Kier molecular flexibility index (Phi) is 6.44. The summed E-state index contributed by atoms with van der Waals surface area (Å²) in [7, 11) is -2.28. The van der Waals surface area contributed by atoms with Crippen LogP contribution in [0.25, 0.3) is 16.6 Å². The molecule has 0 aliphatic heterocycles. The number of carbonyl (C=O) groups is 1. The van der Waals surface area contributed by atoms with Gasteiger partial charge in [0.15, 0.2) is 20.6 Å². The van der Waals surface area contributed by atoms with E-state index in [0.717, 1.165) is 35.2 Å². The highest BCUT2D eigenvalue weighted by Crippen LogP contribution is 2.28. The second-order valence-corrected chi connectivity index (χ2v) is 10.5. The Morgan fingerprint density at radius 1 is 0.974 bits per heavy atom. The maximum absolute atomic E-state index is 14.6. The van der Waals surface area contributed by atoms with Crippen LogP contribution in [-0.4, -0.2) is 39.9 Å². The molecule has 0 spiro atoms. The molecular weight excluding hydrogens is 532 g/mol. The quantitative estimate of drug-likeness (QED) is 0.340. The Labute approximate surface area is 220 Å².